The molecule has 3 rings (SSSR count). The van der Waals surface area contributed by atoms with Gasteiger partial charge in [0.25, 0.3) is 0 Å². The number of benzene rings is 1. The van der Waals surface area contributed by atoms with Crippen molar-refractivity contribution >= 4 is 22.2 Å². The summed E-state index contributed by atoms with van der Waals surface area (Å²) in [5, 5.41) is 4.47. The molecule has 0 fully saturated rings. The van der Waals surface area contributed by atoms with Crippen LogP contribution in [0.25, 0.3) is 11.5 Å². The standard InChI is InChI=1S/C16H13BrN2O2/c1-11-6-7-15(21-11)16-13(10-20)9-19(18-16)8-12-4-2-3-5-14(12)17/h2-7,9-10H,8H2,1H3. The van der Waals surface area contributed by atoms with E-state index in [4.69, 9.17) is 4.42 Å². The molecule has 2 heterocycles. The molecule has 3 aromatic rings. The molecule has 0 amide bonds. The van der Waals surface area contributed by atoms with Crippen molar-refractivity contribution in [3.05, 3.63) is 64.0 Å². The fraction of sp³-hybridized carbons (Fsp3) is 0.125. The molecule has 0 aliphatic carbocycles. The SMILES string of the molecule is Cc1ccc(-c2nn(Cc3ccccc3Br)cc2C=O)o1. The number of halogens is 1. The van der Waals surface area contributed by atoms with E-state index in [9.17, 15) is 4.79 Å². The predicted octanol–water partition coefficient (Wildman–Crippen LogP) is 4.07. The number of nitrogens with zero attached hydrogens (tertiary/aromatic N) is 2. The highest BCUT2D eigenvalue weighted by molar-refractivity contribution is 9.10. The molecule has 0 radical (unpaired) electrons. The van der Waals surface area contributed by atoms with Crippen molar-refractivity contribution in [1.82, 2.24) is 9.78 Å². The van der Waals surface area contributed by atoms with E-state index >= 15 is 0 Å². The van der Waals surface area contributed by atoms with Crippen molar-refractivity contribution in [2.45, 2.75) is 13.5 Å². The number of aldehydes is 1. The van der Waals surface area contributed by atoms with Gasteiger partial charge in [-0.05, 0) is 30.7 Å². The number of hydrogen-bond acceptors (Lipinski definition) is 3. The zero-order valence-electron chi connectivity index (χ0n) is 11.4. The van der Waals surface area contributed by atoms with Gasteiger partial charge in [-0.2, -0.15) is 5.10 Å². The van der Waals surface area contributed by atoms with Crippen LogP contribution < -0.4 is 0 Å². The van der Waals surface area contributed by atoms with Gasteiger partial charge in [-0.25, -0.2) is 0 Å². The molecule has 4 nitrogen and oxygen atoms in total. The third-order valence-electron chi connectivity index (χ3n) is 3.18. The van der Waals surface area contributed by atoms with Gasteiger partial charge < -0.3 is 4.42 Å². The smallest absolute Gasteiger partial charge is 0.155 e. The van der Waals surface area contributed by atoms with E-state index in [0.717, 1.165) is 22.1 Å². The van der Waals surface area contributed by atoms with Crippen molar-refractivity contribution < 1.29 is 9.21 Å². The van der Waals surface area contributed by atoms with Crippen LogP contribution in [0.2, 0.25) is 0 Å². The number of rotatable bonds is 4. The van der Waals surface area contributed by atoms with Gasteiger partial charge in [-0.15, -0.1) is 0 Å². The van der Waals surface area contributed by atoms with Gasteiger partial charge in [0.1, 0.15) is 11.5 Å². The summed E-state index contributed by atoms with van der Waals surface area (Å²) in [6, 6.07) is 11.6. The van der Waals surface area contributed by atoms with E-state index in [1.807, 2.05) is 43.3 Å². The first-order valence-corrected chi connectivity index (χ1v) is 7.29. The second kappa shape index (κ2) is 5.69. The molecule has 5 heteroatoms. The van der Waals surface area contributed by atoms with Crippen LogP contribution in [-0.2, 0) is 6.54 Å². The Labute approximate surface area is 130 Å². The van der Waals surface area contributed by atoms with E-state index in [0.29, 0.717) is 23.6 Å². The molecule has 0 aliphatic heterocycles. The minimum absolute atomic E-state index is 0.524. The third kappa shape index (κ3) is 2.83. The van der Waals surface area contributed by atoms with Crippen LogP contribution in [0.1, 0.15) is 21.7 Å². The van der Waals surface area contributed by atoms with Gasteiger partial charge >= 0.3 is 0 Å². The van der Waals surface area contributed by atoms with Crippen molar-refractivity contribution in [2.75, 3.05) is 0 Å². The summed E-state index contributed by atoms with van der Waals surface area (Å²) in [6.07, 6.45) is 2.54. The number of carbonyl (C=O) groups excluding carboxylic acids is 1. The minimum Gasteiger partial charge on any atom is -0.460 e. The molecule has 0 N–H and O–H groups in total. The van der Waals surface area contributed by atoms with Crippen LogP contribution in [0, 0.1) is 6.92 Å². The van der Waals surface area contributed by atoms with Crippen LogP contribution in [0.5, 0.6) is 0 Å². The summed E-state index contributed by atoms with van der Waals surface area (Å²) in [6.45, 7) is 2.45. The number of aryl methyl sites for hydroxylation is 1. The quantitative estimate of drug-likeness (QED) is 0.670. The molecule has 0 unspecified atom stereocenters. The van der Waals surface area contributed by atoms with E-state index in [2.05, 4.69) is 21.0 Å². The number of carbonyl (C=O) groups is 1. The zero-order valence-corrected chi connectivity index (χ0v) is 13.0. The maximum Gasteiger partial charge on any atom is 0.155 e. The number of aromatic nitrogens is 2. The molecule has 0 bridgehead atoms. The summed E-state index contributed by atoms with van der Waals surface area (Å²) in [4.78, 5) is 11.2. The van der Waals surface area contributed by atoms with Gasteiger partial charge in [0.15, 0.2) is 12.0 Å². The zero-order chi connectivity index (χ0) is 14.8. The molecule has 0 saturated carbocycles. The number of furan rings is 1. The first-order chi connectivity index (χ1) is 10.2. The second-order valence-corrected chi connectivity index (χ2v) is 5.60. The van der Waals surface area contributed by atoms with Crippen LogP contribution >= 0.6 is 15.9 Å². The van der Waals surface area contributed by atoms with Gasteiger partial charge in [0.05, 0.1) is 12.1 Å². The van der Waals surface area contributed by atoms with Gasteiger partial charge in [0.2, 0.25) is 0 Å². The lowest BCUT2D eigenvalue weighted by atomic mass is 10.2. The molecule has 2 aromatic heterocycles. The average molecular weight is 345 g/mol. The van der Waals surface area contributed by atoms with Crippen LogP contribution in [0.3, 0.4) is 0 Å². The molecular formula is C16H13BrN2O2. The first kappa shape index (κ1) is 13.8. The van der Waals surface area contributed by atoms with Crippen molar-refractivity contribution in [2.24, 2.45) is 0 Å². The molecule has 21 heavy (non-hydrogen) atoms. The lowest BCUT2D eigenvalue weighted by Crippen LogP contribution is -2.00. The monoisotopic (exact) mass is 344 g/mol. The Morgan fingerprint density at radius 1 is 1.29 bits per heavy atom. The summed E-state index contributed by atoms with van der Waals surface area (Å²) < 4.78 is 8.32. The second-order valence-electron chi connectivity index (χ2n) is 4.75. The minimum atomic E-state index is 0.524. The first-order valence-electron chi connectivity index (χ1n) is 6.50. The maximum absolute atomic E-state index is 11.2. The Balaban J connectivity index is 1.96. The largest absolute Gasteiger partial charge is 0.460 e. The Morgan fingerprint density at radius 3 is 2.76 bits per heavy atom. The lowest BCUT2D eigenvalue weighted by Gasteiger charge is -2.03. The maximum atomic E-state index is 11.2. The molecule has 0 saturated heterocycles. The molecule has 0 spiro atoms. The highest BCUT2D eigenvalue weighted by Crippen LogP contribution is 2.24. The molecule has 0 atom stereocenters. The van der Waals surface area contributed by atoms with Crippen LogP contribution in [-0.4, -0.2) is 16.1 Å². The Morgan fingerprint density at radius 2 is 2.10 bits per heavy atom. The van der Waals surface area contributed by atoms with Crippen molar-refractivity contribution in [3.63, 3.8) is 0 Å². The van der Waals surface area contributed by atoms with Crippen molar-refractivity contribution in [1.29, 1.82) is 0 Å². The van der Waals surface area contributed by atoms with Crippen LogP contribution in [0.4, 0.5) is 0 Å². The highest BCUT2D eigenvalue weighted by atomic mass is 79.9. The Hall–Kier alpha value is -2.14. The lowest BCUT2D eigenvalue weighted by molar-refractivity contribution is 0.112. The fourth-order valence-corrected chi connectivity index (χ4v) is 2.57. The predicted molar refractivity (Wildman–Crippen MR) is 83.3 cm³/mol. The summed E-state index contributed by atoms with van der Waals surface area (Å²) in [5.41, 5.74) is 2.20. The molecule has 106 valence electrons. The van der Waals surface area contributed by atoms with Gasteiger partial charge in [0, 0.05) is 10.7 Å². The summed E-state index contributed by atoms with van der Waals surface area (Å²) in [5.74, 6) is 1.41. The highest BCUT2D eigenvalue weighted by Gasteiger charge is 2.14. The van der Waals surface area contributed by atoms with E-state index < -0.39 is 0 Å². The molecule has 1 aromatic carbocycles. The normalized spacial score (nSPS) is 10.8. The third-order valence-corrected chi connectivity index (χ3v) is 3.95. The molecular weight excluding hydrogens is 332 g/mol. The molecule has 0 aliphatic rings. The van der Waals surface area contributed by atoms with Gasteiger partial charge in [-0.1, -0.05) is 34.1 Å². The summed E-state index contributed by atoms with van der Waals surface area (Å²) >= 11 is 3.52. The topological polar surface area (TPSA) is 48.0 Å². The van der Waals surface area contributed by atoms with E-state index in [1.54, 1.807) is 10.9 Å². The summed E-state index contributed by atoms with van der Waals surface area (Å²) in [7, 11) is 0. The van der Waals surface area contributed by atoms with Crippen molar-refractivity contribution in [3.8, 4) is 11.5 Å². The van der Waals surface area contributed by atoms with Crippen LogP contribution in [0.15, 0.2) is 51.5 Å². The fourth-order valence-electron chi connectivity index (χ4n) is 2.16. The number of hydrogen-bond donors (Lipinski definition) is 0. The average Bonchev–Trinajstić information content (AvgIpc) is 3.07. The Bertz CT molecular complexity index is 789. The van der Waals surface area contributed by atoms with E-state index in [-0.39, 0.29) is 0 Å². The van der Waals surface area contributed by atoms with Gasteiger partial charge in [-0.3, -0.25) is 9.48 Å². The Kier molecular flexibility index (Phi) is 3.75. The van der Waals surface area contributed by atoms with E-state index in [1.165, 1.54) is 0 Å².